The molecular formula is C21H21ClF3N3O3. The van der Waals surface area contributed by atoms with Crippen LogP contribution in [-0.2, 0) is 17.4 Å². The van der Waals surface area contributed by atoms with Crippen LogP contribution in [0, 0.1) is 0 Å². The molecule has 31 heavy (non-hydrogen) atoms. The van der Waals surface area contributed by atoms with Crippen LogP contribution in [-0.4, -0.2) is 41.3 Å². The highest BCUT2D eigenvalue weighted by molar-refractivity contribution is 6.25. The zero-order valence-electron chi connectivity index (χ0n) is 16.7. The quantitative estimate of drug-likeness (QED) is 0.610. The van der Waals surface area contributed by atoms with Crippen LogP contribution in [0.1, 0.15) is 17.7 Å². The van der Waals surface area contributed by atoms with Crippen LogP contribution in [0.15, 0.2) is 48.6 Å². The van der Waals surface area contributed by atoms with E-state index in [4.69, 9.17) is 21.1 Å². The van der Waals surface area contributed by atoms with Gasteiger partial charge in [0.15, 0.2) is 12.3 Å². The van der Waals surface area contributed by atoms with E-state index in [1.807, 2.05) is 24.3 Å². The number of halogens is 4. The lowest BCUT2D eigenvalue weighted by atomic mass is 10.1. The fraction of sp³-hybridized carbons (Fsp3) is 0.333. The molecule has 0 saturated carbocycles. The van der Waals surface area contributed by atoms with Crippen molar-refractivity contribution in [1.82, 2.24) is 15.1 Å². The van der Waals surface area contributed by atoms with Gasteiger partial charge in [-0.3, -0.25) is 4.79 Å². The molecule has 2 aromatic rings. The molecule has 1 aliphatic rings. The first-order valence-electron chi connectivity index (χ1n) is 9.49. The Hall–Kier alpha value is -2.94. The minimum atomic E-state index is -4.66. The number of benzene rings is 1. The maximum absolute atomic E-state index is 13.1. The smallest absolute Gasteiger partial charge is 0.435 e. The molecule has 3 rings (SSSR count). The molecule has 1 heterocycles. The van der Waals surface area contributed by atoms with Gasteiger partial charge in [-0.15, -0.1) is 11.6 Å². The number of hydrogen-bond acceptors (Lipinski definition) is 4. The lowest BCUT2D eigenvalue weighted by Gasteiger charge is -2.17. The highest BCUT2D eigenvalue weighted by Crippen LogP contribution is 2.34. The molecule has 1 N–H and O–H groups in total. The average molecular weight is 456 g/mol. The first-order chi connectivity index (χ1) is 14.8. The monoisotopic (exact) mass is 455 g/mol. The van der Waals surface area contributed by atoms with Crippen LogP contribution in [0.25, 0.3) is 5.70 Å². The molecule has 1 aromatic heterocycles. The first kappa shape index (κ1) is 22.7. The van der Waals surface area contributed by atoms with Crippen LogP contribution in [0.4, 0.5) is 13.2 Å². The van der Waals surface area contributed by atoms with Crippen molar-refractivity contribution in [3.05, 3.63) is 59.8 Å². The molecule has 166 valence electrons. The number of allylic oxidation sites excluding steroid dienone is 4. The third kappa shape index (κ3) is 5.81. The molecular weight excluding hydrogens is 435 g/mol. The maximum Gasteiger partial charge on any atom is 0.435 e. The molecule has 0 spiro atoms. The standard InChI is InChI=1S/C21H21ClF3N3O3/c1-30-17-9-5-2-6-14(17)10-11-26-19(29)13-31-20-12-18(21(23,24)25)27-28(20)16-8-4-3-7-15(16)22/h2-6,8-9,12,15H,7,10-11,13H2,1H3,(H,26,29). The van der Waals surface area contributed by atoms with E-state index in [9.17, 15) is 18.0 Å². The molecule has 1 aromatic carbocycles. The predicted octanol–water partition coefficient (Wildman–Crippen LogP) is 4.06. The van der Waals surface area contributed by atoms with E-state index < -0.39 is 29.8 Å². The second kappa shape index (κ2) is 9.91. The Morgan fingerprint density at radius 2 is 2.13 bits per heavy atom. The van der Waals surface area contributed by atoms with Crippen LogP contribution in [0.5, 0.6) is 11.6 Å². The number of alkyl halides is 4. The number of carbonyl (C=O) groups excluding carboxylic acids is 1. The number of aromatic nitrogens is 2. The number of methoxy groups -OCH3 is 1. The van der Waals surface area contributed by atoms with Crippen LogP contribution >= 0.6 is 11.6 Å². The van der Waals surface area contributed by atoms with Crippen molar-refractivity contribution in [2.75, 3.05) is 20.3 Å². The van der Waals surface area contributed by atoms with E-state index in [1.54, 1.807) is 25.3 Å². The molecule has 6 nitrogen and oxygen atoms in total. The SMILES string of the molecule is COc1ccccc1CCNC(=O)COc1cc(C(F)(F)F)nn1C1=CC=CCC1Cl. The molecule has 0 bridgehead atoms. The van der Waals surface area contributed by atoms with Gasteiger partial charge in [0.25, 0.3) is 5.91 Å². The second-order valence-corrected chi connectivity index (χ2v) is 7.23. The Morgan fingerprint density at radius 3 is 2.84 bits per heavy atom. The fourth-order valence-electron chi connectivity index (χ4n) is 3.02. The summed E-state index contributed by atoms with van der Waals surface area (Å²) >= 11 is 6.22. The number of amides is 1. The zero-order valence-corrected chi connectivity index (χ0v) is 17.4. The second-order valence-electron chi connectivity index (χ2n) is 6.70. The van der Waals surface area contributed by atoms with Gasteiger partial charge < -0.3 is 14.8 Å². The normalized spacial score (nSPS) is 16.0. The molecule has 0 fully saturated rings. The van der Waals surface area contributed by atoms with Crippen molar-refractivity contribution in [3.63, 3.8) is 0 Å². The number of para-hydroxylation sites is 1. The van der Waals surface area contributed by atoms with Gasteiger partial charge in [0, 0.05) is 12.6 Å². The van der Waals surface area contributed by atoms with E-state index in [-0.39, 0.29) is 5.88 Å². The van der Waals surface area contributed by atoms with Gasteiger partial charge in [0.05, 0.1) is 18.2 Å². The summed E-state index contributed by atoms with van der Waals surface area (Å²) in [5, 5.41) is 5.70. The topological polar surface area (TPSA) is 65.4 Å². The highest BCUT2D eigenvalue weighted by Gasteiger charge is 2.36. The Balaban J connectivity index is 1.63. The van der Waals surface area contributed by atoms with Gasteiger partial charge in [-0.05, 0) is 30.5 Å². The van der Waals surface area contributed by atoms with Crippen molar-refractivity contribution in [3.8, 4) is 11.6 Å². The van der Waals surface area contributed by atoms with Gasteiger partial charge in [0.2, 0.25) is 5.88 Å². The molecule has 1 atom stereocenters. The summed E-state index contributed by atoms with van der Waals surface area (Å²) in [5.74, 6) is 0.0255. The van der Waals surface area contributed by atoms with Crippen molar-refractivity contribution in [2.24, 2.45) is 0 Å². The summed E-state index contributed by atoms with van der Waals surface area (Å²) in [6.07, 6.45) is 1.35. The summed E-state index contributed by atoms with van der Waals surface area (Å²) in [4.78, 5) is 12.1. The van der Waals surface area contributed by atoms with Gasteiger partial charge in [-0.25, -0.2) is 4.68 Å². The number of hydrogen-bond donors (Lipinski definition) is 1. The molecule has 0 radical (unpaired) electrons. The lowest BCUT2D eigenvalue weighted by molar-refractivity contribution is -0.141. The van der Waals surface area contributed by atoms with E-state index in [0.717, 1.165) is 16.3 Å². The van der Waals surface area contributed by atoms with Gasteiger partial charge >= 0.3 is 6.18 Å². The molecule has 0 aliphatic heterocycles. The molecule has 10 heteroatoms. The molecule has 1 unspecified atom stereocenters. The fourth-order valence-corrected chi connectivity index (χ4v) is 3.29. The summed E-state index contributed by atoms with van der Waals surface area (Å²) in [7, 11) is 1.56. The highest BCUT2D eigenvalue weighted by atomic mass is 35.5. The predicted molar refractivity (Wildman–Crippen MR) is 110 cm³/mol. The van der Waals surface area contributed by atoms with Gasteiger partial charge in [-0.1, -0.05) is 30.4 Å². The minimum Gasteiger partial charge on any atom is -0.496 e. The Bertz CT molecular complexity index is 986. The van der Waals surface area contributed by atoms with Crippen molar-refractivity contribution in [2.45, 2.75) is 24.4 Å². The average Bonchev–Trinajstić information content (AvgIpc) is 3.17. The van der Waals surface area contributed by atoms with Crippen molar-refractivity contribution >= 4 is 23.2 Å². The Labute approximate surface area is 182 Å². The van der Waals surface area contributed by atoms with Crippen LogP contribution < -0.4 is 14.8 Å². The summed E-state index contributed by atoms with van der Waals surface area (Å²) in [5.41, 5.74) is 0.134. The summed E-state index contributed by atoms with van der Waals surface area (Å²) in [6.45, 7) is -0.152. The number of nitrogens with one attached hydrogen (secondary N) is 1. The molecule has 1 aliphatic carbocycles. The third-order valence-corrected chi connectivity index (χ3v) is 4.94. The number of rotatable bonds is 8. The van der Waals surface area contributed by atoms with E-state index in [0.29, 0.717) is 30.8 Å². The largest absolute Gasteiger partial charge is 0.496 e. The molecule has 1 amide bonds. The van der Waals surface area contributed by atoms with E-state index >= 15 is 0 Å². The van der Waals surface area contributed by atoms with Crippen LogP contribution in [0.2, 0.25) is 0 Å². The summed E-state index contributed by atoms with van der Waals surface area (Å²) in [6, 6.07) is 8.16. The minimum absolute atomic E-state index is 0.209. The summed E-state index contributed by atoms with van der Waals surface area (Å²) < 4.78 is 51.1. The van der Waals surface area contributed by atoms with Crippen LogP contribution in [0.3, 0.4) is 0 Å². The Kier molecular flexibility index (Phi) is 7.27. The number of nitrogens with zero attached hydrogens (tertiary/aromatic N) is 2. The zero-order chi connectivity index (χ0) is 22.4. The lowest BCUT2D eigenvalue weighted by Crippen LogP contribution is -2.31. The Morgan fingerprint density at radius 1 is 1.35 bits per heavy atom. The van der Waals surface area contributed by atoms with Crippen molar-refractivity contribution < 1.29 is 27.4 Å². The molecule has 0 saturated heterocycles. The number of ether oxygens (including phenoxy) is 2. The van der Waals surface area contributed by atoms with Gasteiger partial charge in [-0.2, -0.15) is 18.3 Å². The third-order valence-electron chi connectivity index (χ3n) is 4.54. The first-order valence-corrected chi connectivity index (χ1v) is 9.93. The van der Waals surface area contributed by atoms with Crippen molar-refractivity contribution in [1.29, 1.82) is 0 Å². The maximum atomic E-state index is 13.1. The number of carbonyl (C=O) groups is 1. The van der Waals surface area contributed by atoms with Gasteiger partial charge in [0.1, 0.15) is 5.75 Å². The van der Waals surface area contributed by atoms with E-state index in [1.165, 1.54) is 0 Å². The van der Waals surface area contributed by atoms with E-state index in [2.05, 4.69) is 10.4 Å².